The first-order valence-electron chi connectivity index (χ1n) is 14.2. The highest BCUT2D eigenvalue weighted by molar-refractivity contribution is 8.07. The Kier molecular flexibility index (Phi) is 15.8. The molecule has 1 aliphatic carbocycles. The van der Waals surface area contributed by atoms with Crippen LogP contribution >= 0.6 is 23.4 Å². The molecule has 0 fully saturated rings. The van der Waals surface area contributed by atoms with Crippen molar-refractivity contribution in [1.29, 1.82) is 0 Å². The fraction of sp³-hybridized carbons (Fsp3) is 0.486. The molecule has 0 amide bonds. The minimum atomic E-state index is 0.0532. The van der Waals surface area contributed by atoms with Crippen molar-refractivity contribution < 1.29 is 0 Å². The third-order valence-electron chi connectivity index (χ3n) is 7.37. The Bertz CT molecular complexity index is 1070. The van der Waals surface area contributed by atoms with E-state index in [1.54, 1.807) is 17.3 Å². The van der Waals surface area contributed by atoms with Crippen LogP contribution in [0.3, 0.4) is 0 Å². The number of hydrogen-bond donors (Lipinski definition) is 0. The first-order valence-corrected chi connectivity index (χ1v) is 15.8. The molecule has 1 aliphatic rings. The zero-order chi connectivity index (χ0) is 28.8. The van der Waals surface area contributed by atoms with Crippen molar-refractivity contribution in [1.82, 2.24) is 4.90 Å². The molecule has 38 heavy (non-hydrogen) atoms. The number of fused-ring (bicyclic) bond motifs is 1. The van der Waals surface area contributed by atoms with E-state index < -0.39 is 0 Å². The number of aryl methyl sites for hydroxylation is 5. The molecule has 1 nitrogen and oxygen atoms in total. The fourth-order valence-corrected chi connectivity index (χ4v) is 5.23. The van der Waals surface area contributed by atoms with Gasteiger partial charge in [-0.1, -0.05) is 93.9 Å². The summed E-state index contributed by atoms with van der Waals surface area (Å²) in [7, 11) is 1.88. The van der Waals surface area contributed by atoms with Crippen LogP contribution in [0.2, 0.25) is 0 Å². The van der Waals surface area contributed by atoms with Crippen LogP contribution in [0.15, 0.2) is 61.3 Å². The van der Waals surface area contributed by atoms with Crippen LogP contribution in [0, 0.1) is 26.7 Å². The number of halogens is 1. The Morgan fingerprint density at radius 1 is 0.974 bits per heavy atom. The van der Waals surface area contributed by atoms with Gasteiger partial charge in [0, 0.05) is 12.0 Å². The molecule has 0 saturated heterocycles. The molecule has 2 aromatic carbocycles. The zero-order valence-corrected chi connectivity index (χ0v) is 27.2. The van der Waals surface area contributed by atoms with E-state index in [0.29, 0.717) is 5.92 Å². The molecule has 0 bridgehead atoms. The first kappa shape index (κ1) is 34.1. The molecule has 2 aromatic rings. The van der Waals surface area contributed by atoms with Crippen LogP contribution in [0.1, 0.15) is 85.9 Å². The van der Waals surface area contributed by atoms with E-state index in [1.165, 1.54) is 70.4 Å². The van der Waals surface area contributed by atoms with E-state index in [0.717, 1.165) is 6.42 Å². The van der Waals surface area contributed by atoms with E-state index in [2.05, 4.69) is 83.5 Å². The normalized spacial score (nSPS) is 14.4. The second kappa shape index (κ2) is 17.6. The number of nitrogens with zero attached hydrogens (tertiary/aromatic N) is 1. The monoisotopic (exact) mass is 553 g/mol. The average molecular weight is 554 g/mol. The summed E-state index contributed by atoms with van der Waals surface area (Å²) in [5, 5.41) is 0. The molecule has 0 aromatic heterocycles. The van der Waals surface area contributed by atoms with Gasteiger partial charge in [0.1, 0.15) is 5.50 Å². The van der Waals surface area contributed by atoms with Gasteiger partial charge in [-0.25, -0.2) is 0 Å². The Morgan fingerprint density at radius 3 is 2.13 bits per heavy atom. The number of hydrogen-bond acceptors (Lipinski definition) is 2. The van der Waals surface area contributed by atoms with E-state index >= 15 is 0 Å². The average Bonchev–Trinajstić information content (AvgIpc) is 3.16. The molecule has 3 rings (SSSR count). The van der Waals surface area contributed by atoms with Gasteiger partial charge in [-0.2, -0.15) is 0 Å². The Morgan fingerprint density at radius 2 is 1.58 bits per heavy atom. The van der Waals surface area contributed by atoms with Crippen LogP contribution in [-0.4, -0.2) is 23.7 Å². The quantitative estimate of drug-likeness (QED) is 0.138. The van der Waals surface area contributed by atoms with Crippen LogP contribution < -0.4 is 0 Å². The van der Waals surface area contributed by atoms with Gasteiger partial charge in [0.2, 0.25) is 0 Å². The summed E-state index contributed by atoms with van der Waals surface area (Å²) < 4.78 is 0. The number of allylic oxidation sites excluding steroid dienone is 2. The highest BCUT2D eigenvalue weighted by Crippen LogP contribution is 2.32. The van der Waals surface area contributed by atoms with E-state index in [9.17, 15) is 0 Å². The first-order chi connectivity index (χ1) is 18.1. The second-order valence-corrected chi connectivity index (χ2v) is 11.7. The van der Waals surface area contributed by atoms with E-state index in [4.69, 9.17) is 11.6 Å². The van der Waals surface area contributed by atoms with Crippen molar-refractivity contribution in [3.05, 3.63) is 100 Å². The Balaban J connectivity index is 0.000000696. The van der Waals surface area contributed by atoms with Crippen LogP contribution in [0.4, 0.5) is 0 Å². The number of benzene rings is 2. The second-order valence-electron chi connectivity index (χ2n) is 10.2. The highest BCUT2D eigenvalue weighted by atomic mass is 35.5. The molecule has 0 saturated carbocycles. The van der Waals surface area contributed by atoms with Gasteiger partial charge in [0.25, 0.3) is 0 Å². The molecule has 2 unspecified atom stereocenters. The SMILES string of the molecule is C=C(Cc1cc(C)c(C)cc1C)C(C)/C=C(\SC)c1ccc2c(c1)CCCCC2.C=CN(C)C(C)Cl.CC. The van der Waals surface area contributed by atoms with Gasteiger partial charge in [-0.3, -0.25) is 0 Å². The van der Waals surface area contributed by atoms with Crippen molar-refractivity contribution >= 4 is 28.3 Å². The summed E-state index contributed by atoms with van der Waals surface area (Å²) in [6.45, 7) is 22.8. The van der Waals surface area contributed by atoms with Crippen molar-refractivity contribution in [2.75, 3.05) is 13.3 Å². The predicted molar refractivity (Wildman–Crippen MR) is 176 cm³/mol. The number of alkyl halides is 1. The summed E-state index contributed by atoms with van der Waals surface area (Å²) in [6, 6.07) is 11.8. The van der Waals surface area contributed by atoms with E-state index in [-0.39, 0.29) is 5.50 Å². The van der Waals surface area contributed by atoms with Crippen LogP contribution in [0.5, 0.6) is 0 Å². The number of thioether (sulfide) groups is 1. The summed E-state index contributed by atoms with van der Waals surface area (Å²) in [4.78, 5) is 3.20. The van der Waals surface area contributed by atoms with Crippen molar-refractivity contribution in [3.63, 3.8) is 0 Å². The predicted octanol–water partition coefficient (Wildman–Crippen LogP) is 10.7. The van der Waals surface area contributed by atoms with Crippen LogP contribution in [-0.2, 0) is 19.3 Å². The Hall–Kier alpha value is -1.90. The lowest BCUT2D eigenvalue weighted by Crippen LogP contribution is -2.16. The maximum Gasteiger partial charge on any atom is 0.100 e. The van der Waals surface area contributed by atoms with Gasteiger partial charge in [-0.05, 0) is 117 Å². The molecular weight excluding hydrogens is 502 g/mol. The molecule has 210 valence electrons. The molecule has 0 heterocycles. The fourth-order valence-electron chi connectivity index (χ4n) is 4.45. The number of rotatable bonds is 8. The van der Waals surface area contributed by atoms with Gasteiger partial charge < -0.3 is 4.90 Å². The minimum Gasteiger partial charge on any atom is -0.365 e. The standard InChI is InChI=1S/C28H36S.C5H10ClN.C2H6/c1-19-14-23(5)27(15-20(19)2)16-21(3)22(4)17-28(29-6)26-13-12-24-10-8-7-9-11-25(24)18-26;1-4-7(3)5(2)6;1-2/h12-15,17-18,22H,3,7-11,16H2,1-2,4-6H3;4-5H,1H2,2-3H3;1-2H3/b28-17-;;. The molecule has 3 heteroatoms. The third kappa shape index (κ3) is 10.7. The topological polar surface area (TPSA) is 3.24 Å². The molecule has 0 aliphatic heterocycles. The molecule has 0 radical (unpaired) electrons. The zero-order valence-electron chi connectivity index (χ0n) is 25.6. The van der Waals surface area contributed by atoms with Gasteiger partial charge in [-0.15, -0.1) is 11.8 Å². The smallest absolute Gasteiger partial charge is 0.100 e. The summed E-state index contributed by atoms with van der Waals surface area (Å²) in [6.07, 6.45) is 13.8. The summed E-state index contributed by atoms with van der Waals surface area (Å²) in [5.74, 6) is 0.359. The lowest BCUT2D eigenvalue weighted by molar-refractivity contribution is 0.444. The van der Waals surface area contributed by atoms with Gasteiger partial charge in [0.05, 0.1) is 0 Å². The minimum absolute atomic E-state index is 0.0532. The van der Waals surface area contributed by atoms with Gasteiger partial charge >= 0.3 is 0 Å². The van der Waals surface area contributed by atoms with Crippen molar-refractivity contribution in [3.8, 4) is 0 Å². The van der Waals surface area contributed by atoms with Gasteiger partial charge in [0.15, 0.2) is 0 Å². The maximum atomic E-state index is 5.58. The molecule has 2 atom stereocenters. The lowest BCUT2D eigenvalue weighted by atomic mass is 9.90. The van der Waals surface area contributed by atoms with Crippen LogP contribution in [0.25, 0.3) is 4.91 Å². The lowest BCUT2D eigenvalue weighted by Gasteiger charge is -2.17. The molecule has 0 N–H and O–H groups in total. The largest absolute Gasteiger partial charge is 0.365 e. The van der Waals surface area contributed by atoms with Crippen molar-refractivity contribution in [2.45, 2.75) is 92.5 Å². The molecular formula is C35H52ClNS. The van der Waals surface area contributed by atoms with Crippen molar-refractivity contribution in [2.24, 2.45) is 5.92 Å². The summed E-state index contributed by atoms with van der Waals surface area (Å²) in [5.41, 5.74) is 11.4. The highest BCUT2D eigenvalue weighted by Gasteiger charge is 2.13. The van der Waals surface area contributed by atoms with E-state index in [1.807, 2.05) is 44.5 Å². The maximum absolute atomic E-state index is 5.58. The molecule has 0 spiro atoms. The third-order valence-corrected chi connectivity index (χ3v) is 8.49. The Labute approximate surface area is 244 Å². The summed E-state index contributed by atoms with van der Waals surface area (Å²) >= 11 is 7.44.